The molecule has 0 spiro atoms. The summed E-state index contributed by atoms with van der Waals surface area (Å²) >= 11 is 6.22. The maximum absolute atomic E-state index is 6.22. The number of hydrogen-bond donors (Lipinski definition) is 1. The molecule has 0 saturated carbocycles. The number of halogens is 1. The zero-order valence-corrected chi connectivity index (χ0v) is 8.39. The molecule has 0 aliphatic rings. The number of pyridine rings is 1. The summed E-state index contributed by atoms with van der Waals surface area (Å²) in [7, 11) is 0. The van der Waals surface area contributed by atoms with Crippen molar-refractivity contribution in [2.45, 2.75) is 19.8 Å². The summed E-state index contributed by atoms with van der Waals surface area (Å²) < 4.78 is 0. The second-order valence-electron chi connectivity index (χ2n) is 3.42. The molecule has 3 heteroatoms. The highest BCUT2D eigenvalue weighted by Crippen LogP contribution is 2.29. The molecular weight excluding hydrogens is 184 g/mol. The Hall–Kier alpha value is -1.02. The van der Waals surface area contributed by atoms with Crippen LogP contribution in [0.4, 0.5) is 0 Å². The van der Waals surface area contributed by atoms with Gasteiger partial charge in [0.2, 0.25) is 0 Å². The van der Waals surface area contributed by atoms with Gasteiger partial charge in [0.1, 0.15) is 5.65 Å². The van der Waals surface area contributed by atoms with Crippen LogP contribution >= 0.6 is 11.6 Å². The van der Waals surface area contributed by atoms with Gasteiger partial charge in [-0.25, -0.2) is 4.98 Å². The van der Waals surface area contributed by atoms with Crippen molar-refractivity contribution in [2.24, 2.45) is 0 Å². The first-order chi connectivity index (χ1) is 6.20. The Bertz CT molecular complexity index is 431. The Morgan fingerprint density at radius 1 is 1.46 bits per heavy atom. The van der Waals surface area contributed by atoms with E-state index in [1.165, 1.54) is 0 Å². The van der Waals surface area contributed by atoms with Crippen LogP contribution in [0.15, 0.2) is 18.5 Å². The highest BCUT2D eigenvalue weighted by molar-refractivity contribution is 6.36. The highest BCUT2D eigenvalue weighted by Gasteiger charge is 2.09. The van der Waals surface area contributed by atoms with Crippen molar-refractivity contribution in [3.63, 3.8) is 0 Å². The summed E-state index contributed by atoms with van der Waals surface area (Å²) in [4.78, 5) is 7.31. The maximum Gasteiger partial charge on any atom is 0.138 e. The maximum atomic E-state index is 6.22. The van der Waals surface area contributed by atoms with Crippen molar-refractivity contribution in [2.75, 3.05) is 0 Å². The van der Waals surface area contributed by atoms with Gasteiger partial charge in [-0.15, -0.1) is 0 Å². The van der Waals surface area contributed by atoms with Gasteiger partial charge in [0.05, 0.1) is 5.02 Å². The SMILES string of the molecule is CC(C)c1cnc2[nH]ccc2c1Cl. The van der Waals surface area contributed by atoms with Gasteiger partial charge in [-0.2, -0.15) is 0 Å². The number of nitrogens with one attached hydrogen (secondary N) is 1. The number of fused-ring (bicyclic) bond motifs is 1. The summed E-state index contributed by atoms with van der Waals surface area (Å²) in [6, 6.07) is 1.95. The van der Waals surface area contributed by atoms with Gasteiger partial charge in [0, 0.05) is 17.8 Å². The molecular formula is C10H11ClN2. The van der Waals surface area contributed by atoms with Gasteiger partial charge in [0.25, 0.3) is 0 Å². The zero-order valence-electron chi connectivity index (χ0n) is 7.63. The van der Waals surface area contributed by atoms with Crippen LogP contribution in [0, 0.1) is 0 Å². The minimum absolute atomic E-state index is 0.416. The summed E-state index contributed by atoms with van der Waals surface area (Å²) in [5, 5.41) is 1.83. The summed E-state index contributed by atoms with van der Waals surface area (Å²) in [5.74, 6) is 0.416. The number of hydrogen-bond acceptors (Lipinski definition) is 1. The summed E-state index contributed by atoms with van der Waals surface area (Å²) in [6.07, 6.45) is 3.69. The fourth-order valence-corrected chi connectivity index (χ4v) is 1.81. The molecule has 0 saturated heterocycles. The van der Waals surface area contributed by atoms with Crippen LogP contribution in [0.25, 0.3) is 11.0 Å². The van der Waals surface area contributed by atoms with Gasteiger partial charge in [-0.05, 0) is 17.5 Å². The highest BCUT2D eigenvalue weighted by atomic mass is 35.5. The van der Waals surface area contributed by atoms with Crippen molar-refractivity contribution in [3.8, 4) is 0 Å². The van der Waals surface area contributed by atoms with Crippen molar-refractivity contribution in [3.05, 3.63) is 29.0 Å². The number of H-pyrrole nitrogens is 1. The van der Waals surface area contributed by atoms with E-state index in [-0.39, 0.29) is 0 Å². The average molecular weight is 195 g/mol. The van der Waals surface area contributed by atoms with Gasteiger partial charge in [-0.3, -0.25) is 0 Å². The predicted molar refractivity (Wildman–Crippen MR) is 55.2 cm³/mol. The van der Waals surface area contributed by atoms with Crippen molar-refractivity contribution in [1.29, 1.82) is 0 Å². The standard InChI is InChI=1S/C10H11ClN2/c1-6(2)8-5-13-10-7(9(8)11)3-4-12-10/h3-6H,1-2H3,(H,12,13). The van der Waals surface area contributed by atoms with E-state index in [0.29, 0.717) is 5.92 Å². The summed E-state index contributed by atoms with van der Waals surface area (Å²) in [6.45, 7) is 4.22. The minimum atomic E-state index is 0.416. The van der Waals surface area contributed by atoms with E-state index >= 15 is 0 Å². The molecule has 13 heavy (non-hydrogen) atoms. The molecule has 2 aromatic heterocycles. The van der Waals surface area contributed by atoms with E-state index in [0.717, 1.165) is 21.6 Å². The third-order valence-electron chi connectivity index (χ3n) is 2.17. The quantitative estimate of drug-likeness (QED) is 0.741. The minimum Gasteiger partial charge on any atom is -0.346 e. The lowest BCUT2D eigenvalue weighted by atomic mass is 10.0. The van der Waals surface area contributed by atoms with Crippen LogP contribution in [0.5, 0.6) is 0 Å². The lowest BCUT2D eigenvalue weighted by Crippen LogP contribution is -1.91. The second kappa shape index (κ2) is 3.04. The molecule has 68 valence electrons. The second-order valence-corrected chi connectivity index (χ2v) is 3.80. The van der Waals surface area contributed by atoms with E-state index < -0.39 is 0 Å². The average Bonchev–Trinajstić information content (AvgIpc) is 2.52. The van der Waals surface area contributed by atoms with Crippen molar-refractivity contribution in [1.82, 2.24) is 9.97 Å². The Balaban J connectivity index is 2.73. The predicted octanol–water partition coefficient (Wildman–Crippen LogP) is 3.34. The first-order valence-corrected chi connectivity index (χ1v) is 4.69. The topological polar surface area (TPSA) is 28.7 Å². The lowest BCUT2D eigenvalue weighted by Gasteiger charge is -2.07. The molecule has 0 aliphatic carbocycles. The third kappa shape index (κ3) is 1.31. The van der Waals surface area contributed by atoms with E-state index in [1.54, 1.807) is 0 Å². The van der Waals surface area contributed by atoms with Crippen molar-refractivity contribution < 1.29 is 0 Å². The number of nitrogens with zero attached hydrogens (tertiary/aromatic N) is 1. The smallest absolute Gasteiger partial charge is 0.138 e. The molecule has 0 aliphatic heterocycles. The molecule has 0 fully saturated rings. The lowest BCUT2D eigenvalue weighted by molar-refractivity contribution is 0.862. The van der Waals surface area contributed by atoms with E-state index in [4.69, 9.17) is 11.6 Å². The monoisotopic (exact) mass is 194 g/mol. The molecule has 2 nitrogen and oxygen atoms in total. The zero-order chi connectivity index (χ0) is 9.42. The van der Waals surface area contributed by atoms with Gasteiger partial charge in [0.15, 0.2) is 0 Å². The van der Waals surface area contributed by atoms with Crippen LogP contribution < -0.4 is 0 Å². The number of aromatic amines is 1. The third-order valence-corrected chi connectivity index (χ3v) is 2.59. The van der Waals surface area contributed by atoms with Crippen LogP contribution in [0.2, 0.25) is 5.02 Å². The molecule has 0 bridgehead atoms. The number of rotatable bonds is 1. The number of aromatic nitrogens is 2. The largest absolute Gasteiger partial charge is 0.346 e. The Morgan fingerprint density at radius 2 is 2.23 bits per heavy atom. The fraction of sp³-hybridized carbons (Fsp3) is 0.300. The van der Waals surface area contributed by atoms with Crippen LogP contribution in [-0.4, -0.2) is 9.97 Å². The Kier molecular flexibility index (Phi) is 2.00. The van der Waals surface area contributed by atoms with Gasteiger partial charge >= 0.3 is 0 Å². The van der Waals surface area contributed by atoms with Crippen LogP contribution in [-0.2, 0) is 0 Å². The van der Waals surface area contributed by atoms with E-state index in [9.17, 15) is 0 Å². The molecule has 2 heterocycles. The summed E-state index contributed by atoms with van der Waals surface area (Å²) in [5.41, 5.74) is 1.96. The molecule has 0 radical (unpaired) electrons. The molecule has 0 aromatic carbocycles. The molecule has 2 aromatic rings. The molecule has 0 amide bonds. The fourth-order valence-electron chi connectivity index (χ4n) is 1.39. The first kappa shape index (κ1) is 8.57. The van der Waals surface area contributed by atoms with Gasteiger partial charge < -0.3 is 4.98 Å². The van der Waals surface area contributed by atoms with Crippen LogP contribution in [0.1, 0.15) is 25.3 Å². The van der Waals surface area contributed by atoms with Gasteiger partial charge in [-0.1, -0.05) is 25.4 Å². The van der Waals surface area contributed by atoms with E-state index in [2.05, 4.69) is 23.8 Å². The Labute approximate surface area is 81.9 Å². The van der Waals surface area contributed by atoms with E-state index in [1.807, 2.05) is 18.5 Å². The normalized spacial score (nSPS) is 11.4. The Morgan fingerprint density at radius 3 is 2.92 bits per heavy atom. The first-order valence-electron chi connectivity index (χ1n) is 4.31. The molecule has 2 rings (SSSR count). The van der Waals surface area contributed by atoms with Crippen LogP contribution in [0.3, 0.4) is 0 Å². The molecule has 1 N–H and O–H groups in total. The molecule has 0 atom stereocenters. The van der Waals surface area contributed by atoms with Crippen molar-refractivity contribution >= 4 is 22.6 Å². The molecule has 0 unspecified atom stereocenters.